The van der Waals surface area contributed by atoms with E-state index >= 15 is 0 Å². The molecular formula is C36H73NO9S. The number of aliphatic hydroxyl groups excluding tert-OH is 6. The molecule has 10 nitrogen and oxygen atoms in total. The van der Waals surface area contributed by atoms with Crippen LogP contribution >= 0.6 is 0 Å². The number of aliphatic hydroxyl groups is 6. The molecule has 0 aromatic heterocycles. The smallest absolute Gasteiger partial charge is 0.186 e. The highest BCUT2D eigenvalue weighted by atomic mass is 32.2. The van der Waals surface area contributed by atoms with Crippen LogP contribution in [0.25, 0.3) is 0 Å². The van der Waals surface area contributed by atoms with E-state index in [1.807, 2.05) is 0 Å². The van der Waals surface area contributed by atoms with Crippen LogP contribution in [0.15, 0.2) is 0 Å². The van der Waals surface area contributed by atoms with Crippen LogP contribution in [0.4, 0.5) is 0 Å². The molecule has 1 rings (SSSR count). The molecule has 1 heterocycles. The van der Waals surface area contributed by atoms with Crippen molar-refractivity contribution < 1.29 is 44.7 Å². The Morgan fingerprint density at radius 3 is 1.57 bits per heavy atom. The fraction of sp³-hybridized carbons (Fsp3) is 1.00. The Morgan fingerprint density at radius 2 is 1.11 bits per heavy atom. The fourth-order valence-corrected chi connectivity index (χ4v) is 7.32. The molecule has 0 bridgehead atoms. The van der Waals surface area contributed by atoms with Crippen LogP contribution in [0.2, 0.25) is 0 Å². The first kappa shape index (κ1) is 45.0. The van der Waals surface area contributed by atoms with Crippen LogP contribution in [-0.2, 0) is 20.8 Å². The van der Waals surface area contributed by atoms with Crippen molar-refractivity contribution in [2.24, 2.45) is 0 Å². The minimum atomic E-state index is -1.59. The van der Waals surface area contributed by atoms with E-state index in [1.54, 1.807) is 0 Å². The van der Waals surface area contributed by atoms with Gasteiger partial charge >= 0.3 is 0 Å². The summed E-state index contributed by atoms with van der Waals surface area (Å²) >= 11 is -1.49. The third-order valence-corrected chi connectivity index (χ3v) is 10.6. The van der Waals surface area contributed by atoms with Crippen molar-refractivity contribution in [2.75, 3.05) is 19.0 Å². The molecule has 0 aromatic carbocycles. The Kier molecular flexibility index (Phi) is 28.4. The summed E-state index contributed by atoms with van der Waals surface area (Å²) in [5.41, 5.74) is 0. The number of ether oxygens (including phenoxy) is 2. The van der Waals surface area contributed by atoms with Gasteiger partial charge in [0.05, 0.1) is 19.3 Å². The van der Waals surface area contributed by atoms with Crippen molar-refractivity contribution in [3.8, 4) is 0 Å². The molecule has 11 heteroatoms. The van der Waals surface area contributed by atoms with E-state index in [1.165, 1.54) is 103 Å². The Bertz CT molecular complexity index is 695. The monoisotopic (exact) mass is 696 g/mol. The van der Waals surface area contributed by atoms with Gasteiger partial charge in [0.15, 0.2) is 6.29 Å². The Morgan fingerprint density at radius 1 is 0.660 bits per heavy atom. The van der Waals surface area contributed by atoms with E-state index < -0.39 is 66.9 Å². The zero-order chi connectivity index (χ0) is 34.7. The molecule has 282 valence electrons. The Hall–Kier alpha value is -0.0500. The molecule has 0 aromatic rings. The average Bonchev–Trinajstić information content (AvgIpc) is 3.07. The highest BCUT2D eigenvalue weighted by Crippen LogP contribution is 2.23. The summed E-state index contributed by atoms with van der Waals surface area (Å²) in [7, 11) is 0. The zero-order valence-electron chi connectivity index (χ0n) is 29.8. The molecule has 0 aliphatic carbocycles. The quantitative estimate of drug-likeness (QED) is 0.0368. The second kappa shape index (κ2) is 29.7. The standard InChI is InChI=1S/C36H73NO9S/c1-3-5-7-9-11-13-15-16-17-19-21-23-25-30(39)32(40)29(28-45-36-35(43)34(42)33(41)31(27-38)46-36)37-47(44)26-24-22-20-18-14-12-10-8-6-4-2/h29-43H,3-28H2,1-2H3/t29-,30+,31?,32-,33?,34?,35?,36?,47?/m0/s1. The number of unbranched alkanes of at least 4 members (excludes halogenated alkanes) is 20. The minimum Gasteiger partial charge on any atom is -0.598 e. The van der Waals surface area contributed by atoms with Crippen molar-refractivity contribution >= 4 is 11.4 Å². The Balaban J connectivity index is 2.50. The lowest BCUT2D eigenvalue weighted by Gasteiger charge is -2.40. The lowest BCUT2D eigenvalue weighted by atomic mass is 9.99. The lowest BCUT2D eigenvalue weighted by molar-refractivity contribution is -0.303. The van der Waals surface area contributed by atoms with E-state index in [9.17, 15) is 35.2 Å². The van der Waals surface area contributed by atoms with Crippen LogP contribution in [-0.4, -0.2) is 103 Å². The molecule has 1 aliphatic heterocycles. The molecule has 0 saturated carbocycles. The lowest BCUT2D eigenvalue weighted by Crippen LogP contribution is -2.60. The normalized spacial score (nSPS) is 24.3. The summed E-state index contributed by atoms with van der Waals surface area (Å²) in [5.74, 6) is 0.397. The summed E-state index contributed by atoms with van der Waals surface area (Å²) in [5, 5.41) is 61.9. The first-order valence-electron chi connectivity index (χ1n) is 19.2. The molecule has 6 unspecified atom stereocenters. The molecule has 0 radical (unpaired) electrons. The third kappa shape index (κ3) is 21.0. The van der Waals surface area contributed by atoms with Gasteiger partial charge in [0, 0.05) is 11.4 Å². The molecule has 9 atom stereocenters. The van der Waals surface area contributed by atoms with E-state index in [0.717, 1.165) is 38.5 Å². The van der Waals surface area contributed by atoms with Gasteiger partial charge in [-0.1, -0.05) is 142 Å². The van der Waals surface area contributed by atoms with Crippen LogP contribution in [0.3, 0.4) is 0 Å². The maximum absolute atomic E-state index is 13.0. The molecule has 7 N–H and O–H groups in total. The first-order valence-corrected chi connectivity index (χ1v) is 20.5. The minimum absolute atomic E-state index is 0.275. The summed E-state index contributed by atoms with van der Waals surface area (Å²) in [4.78, 5) is 0. The van der Waals surface area contributed by atoms with Gasteiger partial charge in [0.2, 0.25) is 0 Å². The van der Waals surface area contributed by atoms with Gasteiger partial charge in [0.25, 0.3) is 0 Å². The predicted octanol–water partition coefficient (Wildman–Crippen LogP) is 5.16. The van der Waals surface area contributed by atoms with Crippen LogP contribution in [0.1, 0.15) is 162 Å². The number of rotatable bonds is 32. The molecule has 1 aliphatic rings. The van der Waals surface area contributed by atoms with Gasteiger partial charge < -0.3 is 44.7 Å². The Labute approximate surface area is 289 Å². The molecule has 1 fully saturated rings. The van der Waals surface area contributed by atoms with Gasteiger partial charge in [-0.3, -0.25) is 0 Å². The maximum atomic E-state index is 13.0. The van der Waals surface area contributed by atoms with Crippen LogP contribution in [0.5, 0.6) is 0 Å². The average molecular weight is 696 g/mol. The topological polar surface area (TPSA) is 175 Å². The van der Waals surface area contributed by atoms with Crippen molar-refractivity contribution in [1.29, 1.82) is 0 Å². The van der Waals surface area contributed by atoms with E-state index in [4.69, 9.17) is 9.47 Å². The van der Waals surface area contributed by atoms with E-state index in [0.29, 0.717) is 12.2 Å². The van der Waals surface area contributed by atoms with Crippen molar-refractivity contribution in [3.63, 3.8) is 0 Å². The second-order valence-corrected chi connectivity index (χ2v) is 15.1. The van der Waals surface area contributed by atoms with Crippen LogP contribution in [0, 0.1) is 0 Å². The number of hydrogen-bond acceptors (Lipinski definition) is 10. The fourth-order valence-electron chi connectivity index (χ4n) is 6.19. The molecule has 47 heavy (non-hydrogen) atoms. The second-order valence-electron chi connectivity index (χ2n) is 13.7. The number of hydrogen-bond donors (Lipinski definition) is 7. The van der Waals surface area contributed by atoms with Gasteiger partial charge in [0.1, 0.15) is 42.3 Å². The molecule has 1 saturated heterocycles. The van der Waals surface area contributed by atoms with Gasteiger partial charge in [-0.05, 0) is 19.3 Å². The molecule has 0 spiro atoms. The summed E-state index contributed by atoms with van der Waals surface area (Å²) < 4.78 is 27.0. The summed E-state index contributed by atoms with van der Waals surface area (Å²) in [6, 6.07) is -0.932. The molecule has 0 amide bonds. The number of nitrogens with one attached hydrogen (secondary N) is 1. The van der Waals surface area contributed by atoms with E-state index in [-0.39, 0.29) is 6.61 Å². The highest BCUT2D eigenvalue weighted by molar-refractivity contribution is 7.89. The summed E-state index contributed by atoms with van der Waals surface area (Å²) in [6.07, 6.45) is 16.9. The first-order chi connectivity index (χ1) is 22.8. The molecular weight excluding hydrogens is 622 g/mol. The van der Waals surface area contributed by atoms with Crippen LogP contribution < -0.4 is 4.72 Å². The summed E-state index contributed by atoms with van der Waals surface area (Å²) in [6.45, 7) is 3.59. The van der Waals surface area contributed by atoms with Gasteiger partial charge in [-0.25, -0.2) is 0 Å². The largest absolute Gasteiger partial charge is 0.598 e. The van der Waals surface area contributed by atoms with Crippen molar-refractivity contribution in [1.82, 2.24) is 4.72 Å². The van der Waals surface area contributed by atoms with E-state index in [2.05, 4.69) is 18.6 Å². The van der Waals surface area contributed by atoms with Crippen molar-refractivity contribution in [2.45, 2.75) is 210 Å². The van der Waals surface area contributed by atoms with Gasteiger partial charge in [-0.15, -0.1) is 4.72 Å². The SMILES string of the molecule is CCCCCCCCCCCCCC[C@@H](O)[C@@H](O)[C@H](COC1OC(CO)C(O)C(O)C1O)N[S+]([O-])CCCCCCCCCCCC. The maximum Gasteiger partial charge on any atom is 0.186 e. The third-order valence-electron chi connectivity index (χ3n) is 9.41. The predicted molar refractivity (Wildman–Crippen MR) is 189 cm³/mol. The zero-order valence-corrected chi connectivity index (χ0v) is 30.6. The van der Waals surface area contributed by atoms with Gasteiger partial charge in [-0.2, -0.15) is 0 Å². The van der Waals surface area contributed by atoms with Crippen molar-refractivity contribution in [3.05, 3.63) is 0 Å². The highest BCUT2D eigenvalue weighted by Gasteiger charge is 2.44.